The molecule has 0 aromatic carbocycles. The Morgan fingerprint density at radius 3 is 0.423 bits per heavy atom. The Bertz CT molecular complexity index is 3230. The number of β-amino-alcohol motifs (C(OH)–C–C–N with tert-alkyl or cyclic N) is 4. The van der Waals surface area contributed by atoms with E-state index in [9.17, 15) is 258 Å². The Kier molecular flexibility index (Phi) is 40.1. The smallest absolute Gasteiger partial charge is 0.389 e. The second-order valence-corrected chi connectivity index (χ2v) is 25.0. The van der Waals surface area contributed by atoms with Gasteiger partial charge in [0.15, 0.2) is 0 Å². The fourth-order valence-electron chi connectivity index (χ4n) is 8.20. The van der Waals surface area contributed by atoms with Crippen LogP contribution in [-0.4, -0.2) is 355 Å². The van der Waals surface area contributed by atoms with Gasteiger partial charge in [-0.3, -0.25) is 19.6 Å². The lowest BCUT2D eigenvalue weighted by Gasteiger charge is -2.37. The third kappa shape index (κ3) is 33.9. The van der Waals surface area contributed by atoms with Gasteiger partial charge in [0.25, 0.3) is 0 Å². The molecule has 78 heteroatoms. The molecule has 0 spiro atoms. The monoisotopic (exact) mass is 2080 g/mol. The lowest BCUT2D eigenvalue weighted by Crippen LogP contribution is -2.62. The number of aliphatic hydroxyl groups excluding tert-OH is 4. The highest BCUT2D eigenvalue weighted by atomic mass is 19.5. The number of halogens is 54. The summed E-state index contributed by atoms with van der Waals surface area (Å²) < 4.78 is 775. The molecule has 24 nitrogen and oxygen atoms in total. The van der Waals surface area contributed by atoms with Crippen LogP contribution in [0.5, 0.6) is 0 Å². The first-order valence-corrected chi connectivity index (χ1v) is 32.6. The molecule has 1 aliphatic heterocycles. The van der Waals surface area contributed by atoms with E-state index < -0.39 is 275 Å². The van der Waals surface area contributed by atoms with Crippen molar-refractivity contribution in [3.8, 4) is 0 Å². The normalized spacial score (nSPS) is 18.4. The fourth-order valence-corrected chi connectivity index (χ4v) is 8.20. The Morgan fingerprint density at radius 1 is 0.185 bits per heavy atom. The van der Waals surface area contributed by atoms with Crippen LogP contribution in [0.15, 0.2) is 0 Å². The average Bonchev–Trinajstić information content (AvgIpc) is 0.745. The molecule has 4 unspecified atom stereocenters. The Balaban J connectivity index is 3.51. The molecule has 1 rings (SSSR count). The maximum absolute atomic E-state index is 14.6. The maximum Gasteiger partial charge on any atom is 0.483 e. The first-order chi connectivity index (χ1) is 57.1. The number of alkyl halides is 54. The molecular weight excluding hydrogens is 2030 g/mol. The molecule has 0 radical (unpaired) electrons. The van der Waals surface area contributed by atoms with Crippen molar-refractivity contribution in [2.45, 2.75) is 197 Å². The summed E-state index contributed by atoms with van der Waals surface area (Å²) in [7, 11) is 0. The van der Waals surface area contributed by atoms with Crippen LogP contribution in [0.2, 0.25) is 0 Å². The predicted molar refractivity (Wildman–Crippen MR) is 288 cm³/mol. The van der Waals surface area contributed by atoms with Gasteiger partial charge in [-0.1, -0.05) is 0 Å². The second kappa shape index (κ2) is 42.3. The summed E-state index contributed by atoms with van der Waals surface area (Å²) in [6.07, 6.45) is -216. The molecule has 1 fully saturated rings. The average molecular weight is 2080 g/mol. The summed E-state index contributed by atoms with van der Waals surface area (Å²) in [6, 6.07) is 0. The van der Waals surface area contributed by atoms with Gasteiger partial charge in [-0.25, -0.2) is 56.8 Å². The third-order valence-corrected chi connectivity index (χ3v) is 14.2. The zero-order valence-corrected chi connectivity index (χ0v) is 62.0. The summed E-state index contributed by atoms with van der Waals surface area (Å²) in [4.78, 5) is 4.65. The van der Waals surface area contributed by atoms with Crippen LogP contribution in [0.1, 0.15) is 13.8 Å². The Morgan fingerprint density at radius 2 is 0.300 bits per heavy atom. The number of hydrogen-bond donors (Lipinski definition) is 4. The van der Waals surface area contributed by atoms with E-state index in [0.717, 1.165) is 38.2 Å². The highest BCUT2D eigenvalue weighted by molar-refractivity contribution is 4.87. The van der Waals surface area contributed by atoms with Gasteiger partial charge in [-0.15, -0.1) is 0 Å². The highest BCUT2D eigenvalue weighted by Gasteiger charge is 2.84. The largest absolute Gasteiger partial charge is 0.483 e. The molecule has 4 N–H and O–H groups in total. The van der Waals surface area contributed by atoms with E-state index in [-0.39, 0.29) is 39.4 Å². The van der Waals surface area contributed by atoms with Gasteiger partial charge in [0.05, 0.1) is 50.8 Å². The van der Waals surface area contributed by atoms with Crippen LogP contribution in [0.4, 0.5) is 237 Å². The van der Waals surface area contributed by atoms with Crippen LogP contribution in [0.25, 0.3) is 0 Å². The molecule has 0 amide bonds. The summed E-state index contributed by atoms with van der Waals surface area (Å²) in [5.41, 5.74) is 0. The summed E-state index contributed by atoms with van der Waals surface area (Å²) in [6.45, 7) is -14.5. The van der Waals surface area contributed by atoms with Gasteiger partial charge in [-0.2, -0.15) is 237 Å². The molecule has 1 saturated heterocycles. The van der Waals surface area contributed by atoms with Gasteiger partial charge in [0.2, 0.25) is 0 Å². The second-order valence-electron chi connectivity index (χ2n) is 25.0. The van der Waals surface area contributed by atoms with Gasteiger partial charge in [0, 0.05) is 91.8 Å². The fraction of sp³-hybridized carbons (Fsp3) is 1.00. The zero-order chi connectivity index (χ0) is 103. The van der Waals surface area contributed by atoms with Crippen molar-refractivity contribution in [1.29, 1.82) is 0 Å². The number of aliphatic hydroxyl groups is 4. The molecule has 780 valence electrons. The summed E-state index contributed by atoms with van der Waals surface area (Å²) in [5.74, 6) is 0. The van der Waals surface area contributed by atoms with Crippen molar-refractivity contribution in [2.75, 3.05) is 131 Å². The van der Waals surface area contributed by atoms with Crippen molar-refractivity contribution < 1.29 is 333 Å². The van der Waals surface area contributed by atoms with E-state index in [4.69, 9.17) is 9.47 Å². The van der Waals surface area contributed by atoms with Crippen LogP contribution < -0.4 is 0 Å². The number of nitrogens with zero attached hydrogens (tertiary/aromatic N) is 4. The van der Waals surface area contributed by atoms with E-state index in [1.54, 1.807) is 0 Å². The maximum atomic E-state index is 14.6. The first-order valence-electron chi connectivity index (χ1n) is 32.6. The minimum atomic E-state index is -8.50. The third-order valence-electron chi connectivity index (χ3n) is 14.2. The molecule has 1 aliphatic rings. The van der Waals surface area contributed by atoms with Crippen molar-refractivity contribution in [3.05, 3.63) is 0 Å². The number of ether oxygens (including phenoxy) is 16. The van der Waals surface area contributed by atoms with E-state index in [2.05, 4.69) is 18.9 Å². The Hall–Kier alpha value is -4.74. The van der Waals surface area contributed by atoms with Crippen LogP contribution in [0, 0.1) is 0 Å². The molecule has 4 atom stereocenters. The van der Waals surface area contributed by atoms with Gasteiger partial charge >= 0.3 is 159 Å². The van der Waals surface area contributed by atoms with Crippen LogP contribution in [-0.2, 0) is 75.8 Å². The van der Waals surface area contributed by atoms with Crippen molar-refractivity contribution >= 4 is 0 Å². The standard InChI is InChI=1S/C52H54F54N4O20/c1-3-115-17-23(111)13-107-5-6-108(14-24(112)18-116-4-2)8-10-110(16-26(114)20-118-22-28(55,56)120-34(69,70)36(73,74)124-42(85,86)44(89,90)128-50(101,102)52(105,106)130-48(97,98)46(93,94)126-40(81,82)38(77,78)122-32(65,66)30(60,61)62)12-11-109(9-7-107)15-25(113)19-117-21-27(53,54)119-33(67,68)35(71,72)123-41(83,84)43(87,88)127-49(99,100)51(103,104)129-47(95,96)45(91,92)125-39(79,80)37(75,76)121-31(63,64)29(57,58)59/h23-26,111-114H,3-22H2,1-2H3. The van der Waals surface area contributed by atoms with Crippen LogP contribution in [0.3, 0.4) is 0 Å². The van der Waals surface area contributed by atoms with E-state index in [1.807, 2.05) is 0 Å². The summed E-state index contributed by atoms with van der Waals surface area (Å²) >= 11 is 0. The number of rotatable bonds is 56. The first kappa shape index (κ1) is 123. The molecule has 0 saturated carbocycles. The highest BCUT2D eigenvalue weighted by Crippen LogP contribution is 2.59. The summed E-state index contributed by atoms with van der Waals surface area (Å²) in [5, 5.41) is 42.8. The van der Waals surface area contributed by atoms with Crippen molar-refractivity contribution in [1.82, 2.24) is 19.6 Å². The molecule has 0 aromatic rings. The predicted octanol–water partition coefficient (Wildman–Crippen LogP) is 14.3. The molecule has 0 bridgehead atoms. The zero-order valence-electron chi connectivity index (χ0n) is 62.0. The molecular formula is C52H54F54N4O20. The van der Waals surface area contributed by atoms with Crippen molar-refractivity contribution in [3.63, 3.8) is 0 Å². The molecule has 0 aromatic heterocycles. The van der Waals surface area contributed by atoms with E-state index in [1.165, 1.54) is 42.6 Å². The lowest BCUT2D eigenvalue weighted by molar-refractivity contribution is -0.595. The molecule has 130 heavy (non-hydrogen) atoms. The molecule has 1 heterocycles. The van der Waals surface area contributed by atoms with Gasteiger partial charge < -0.3 is 39.4 Å². The number of hydrogen-bond acceptors (Lipinski definition) is 24. The Labute approximate surface area is 681 Å². The minimum absolute atomic E-state index is 0.0332. The lowest BCUT2D eigenvalue weighted by atomic mass is 10.2. The SMILES string of the molecule is CCOCC(O)CN1CCN(CC(O)COCC)CCN(CC(O)COCC(F)(F)OC(F)(F)C(F)(F)OC(F)(F)C(F)(F)OC(F)(F)C(F)(F)OC(F)(F)C(F)(F)OC(F)(F)C(F)(F)OC(F)(F)C(F)(F)F)CCN(CC(O)COCC(F)(F)OC(F)(F)C(F)(F)OC(F)(F)C(F)(F)OC(F)(F)C(F)(F)OC(F)(F)C(F)(F)OC(F)(F)C(F)(F)OC(F)(F)C(F)(F)F)CC1. The quantitative estimate of drug-likeness (QED) is 0.0414. The topological polar surface area (TPSA) is 242 Å². The van der Waals surface area contributed by atoms with E-state index >= 15 is 0 Å². The van der Waals surface area contributed by atoms with Gasteiger partial charge in [0.1, 0.15) is 13.2 Å². The van der Waals surface area contributed by atoms with Crippen molar-refractivity contribution in [2.24, 2.45) is 0 Å². The minimum Gasteiger partial charge on any atom is -0.389 e. The van der Waals surface area contributed by atoms with Crippen LogP contribution >= 0.6 is 0 Å². The molecule has 0 aliphatic carbocycles. The van der Waals surface area contributed by atoms with E-state index in [0.29, 0.717) is 0 Å². The van der Waals surface area contributed by atoms with Gasteiger partial charge in [-0.05, 0) is 13.8 Å².